The molecule has 3 heteroatoms. The summed E-state index contributed by atoms with van der Waals surface area (Å²) in [7, 11) is 0. The number of hydrogen-bond acceptors (Lipinski definition) is 3. The molecule has 0 aliphatic heterocycles. The maximum absolute atomic E-state index is 11.6. The molecule has 120 valence electrons. The monoisotopic (exact) mass is 326 g/mol. The Kier molecular flexibility index (Phi) is 6.82. The van der Waals surface area contributed by atoms with Crippen LogP contribution >= 0.6 is 11.3 Å². The summed E-state index contributed by atoms with van der Waals surface area (Å²) in [6, 6.07) is 12.0. The molecule has 2 aromatic rings. The molecular weight excluding hydrogens is 304 g/mol. The Morgan fingerprint density at radius 2 is 1.91 bits per heavy atom. The maximum atomic E-state index is 11.6. The van der Waals surface area contributed by atoms with Gasteiger partial charge in [-0.15, -0.1) is 11.3 Å². The molecule has 0 atom stereocenters. The number of ether oxygens (including phenoxy) is 1. The van der Waals surface area contributed by atoms with E-state index in [0.29, 0.717) is 5.75 Å². The summed E-state index contributed by atoms with van der Waals surface area (Å²) in [6.45, 7) is 4.11. The van der Waals surface area contributed by atoms with Crippen molar-refractivity contribution in [3.63, 3.8) is 0 Å². The van der Waals surface area contributed by atoms with Gasteiger partial charge >= 0.3 is 5.97 Å². The van der Waals surface area contributed by atoms with E-state index in [9.17, 15) is 4.79 Å². The van der Waals surface area contributed by atoms with Crippen molar-refractivity contribution in [1.82, 2.24) is 0 Å². The Hall–Kier alpha value is -2.13. The second kappa shape index (κ2) is 9.11. The summed E-state index contributed by atoms with van der Waals surface area (Å²) in [4.78, 5) is 14.3. The molecule has 0 fully saturated rings. The number of carbonyl (C=O) groups excluding carboxylic acids is 1. The Bertz CT molecular complexity index is 678. The van der Waals surface area contributed by atoms with Crippen molar-refractivity contribution in [3.8, 4) is 16.2 Å². The lowest BCUT2D eigenvalue weighted by Crippen LogP contribution is -2.03. The average molecular weight is 326 g/mol. The summed E-state index contributed by atoms with van der Waals surface area (Å²) >= 11 is 1.83. The van der Waals surface area contributed by atoms with E-state index < -0.39 is 0 Å². The van der Waals surface area contributed by atoms with Gasteiger partial charge in [-0.05, 0) is 61.7 Å². The molecule has 0 amide bonds. The van der Waals surface area contributed by atoms with Crippen molar-refractivity contribution < 1.29 is 9.53 Å². The lowest BCUT2D eigenvalue weighted by Gasteiger charge is -2.02. The van der Waals surface area contributed by atoms with E-state index in [1.165, 1.54) is 28.7 Å². The number of aryl methyl sites for hydroxylation is 1. The normalized spacial score (nSPS) is 11.4. The van der Waals surface area contributed by atoms with Crippen LogP contribution in [0.4, 0.5) is 0 Å². The third-order valence-electron chi connectivity index (χ3n) is 3.33. The van der Waals surface area contributed by atoms with E-state index in [2.05, 4.69) is 19.1 Å². The highest BCUT2D eigenvalue weighted by Gasteiger charge is 2.05. The first kappa shape index (κ1) is 17.2. The van der Waals surface area contributed by atoms with E-state index in [1.807, 2.05) is 48.6 Å². The molecule has 0 aliphatic carbocycles. The molecule has 1 heterocycles. The number of unbranched alkanes of at least 4 members (excludes halogenated alkanes) is 1. The minimum absolute atomic E-state index is 0.367. The topological polar surface area (TPSA) is 26.3 Å². The van der Waals surface area contributed by atoms with Crippen LogP contribution in [0.1, 0.15) is 31.6 Å². The maximum Gasteiger partial charge on any atom is 0.336 e. The molecule has 0 spiro atoms. The summed E-state index contributed by atoms with van der Waals surface area (Å²) < 4.78 is 5.25. The first-order valence-corrected chi connectivity index (χ1v) is 8.75. The van der Waals surface area contributed by atoms with Crippen molar-refractivity contribution in [1.29, 1.82) is 0 Å². The second-order valence-electron chi connectivity index (χ2n) is 5.20. The molecule has 0 bridgehead atoms. The number of thiophene rings is 1. The highest BCUT2D eigenvalue weighted by atomic mass is 32.1. The van der Waals surface area contributed by atoms with Crippen LogP contribution in [0.2, 0.25) is 0 Å². The van der Waals surface area contributed by atoms with Gasteiger partial charge in [0.2, 0.25) is 0 Å². The first-order chi connectivity index (χ1) is 11.2. The van der Waals surface area contributed by atoms with Gasteiger partial charge in [-0.1, -0.05) is 31.6 Å². The fraction of sp³-hybridized carbons (Fsp3) is 0.250. The fourth-order valence-electron chi connectivity index (χ4n) is 2.10. The second-order valence-corrected chi connectivity index (χ2v) is 6.37. The Balaban J connectivity index is 1.99. The van der Waals surface area contributed by atoms with E-state index in [4.69, 9.17) is 4.74 Å². The van der Waals surface area contributed by atoms with E-state index in [0.717, 1.165) is 12.0 Å². The average Bonchev–Trinajstić information content (AvgIpc) is 3.03. The van der Waals surface area contributed by atoms with Crippen LogP contribution in [0.15, 0.2) is 60.7 Å². The zero-order valence-corrected chi connectivity index (χ0v) is 14.4. The fourth-order valence-corrected chi connectivity index (χ4v) is 3.16. The molecule has 0 saturated carbocycles. The molecule has 0 radical (unpaired) electrons. The number of benzene rings is 1. The largest absolute Gasteiger partial charge is 0.423 e. The van der Waals surface area contributed by atoms with Gasteiger partial charge in [-0.25, -0.2) is 4.79 Å². The van der Waals surface area contributed by atoms with Gasteiger partial charge in [-0.3, -0.25) is 0 Å². The van der Waals surface area contributed by atoms with Gasteiger partial charge in [0.05, 0.1) is 0 Å². The highest BCUT2D eigenvalue weighted by molar-refractivity contribution is 7.15. The number of rotatable bonds is 7. The lowest BCUT2D eigenvalue weighted by molar-refractivity contribution is -0.128. The molecule has 2 rings (SSSR count). The van der Waals surface area contributed by atoms with Crippen molar-refractivity contribution in [2.45, 2.75) is 33.1 Å². The lowest BCUT2D eigenvalue weighted by atomic mass is 10.2. The van der Waals surface area contributed by atoms with Crippen LogP contribution in [0.5, 0.6) is 5.75 Å². The third-order valence-corrected chi connectivity index (χ3v) is 4.53. The van der Waals surface area contributed by atoms with Crippen molar-refractivity contribution in [2.24, 2.45) is 0 Å². The molecule has 0 unspecified atom stereocenters. The molecule has 0 saturated heterocycles. The molecule has 1 aromatic heterocycles. The summed E-state index contributed by atoms with van der Waals surface area (Å²) in [5, 5.41) is 0. The van der Waals surface area contributed by atoms with Crippen LogP contribution in [0.25, 0.3) is 10.4 Å². The number of allylic oxidation sites excluding steroid dienone is 3. The number of hydrogen-bond donors (Lipinski definition) is 0. The van der Waals surface area contributed by atoms with Crippen molar-refractivity contribution >= 4 is 17.3 Å². The third kappa shape index (κ3) is 5.53. The number of esters is 1. The quantitative estimate of drug-likeness (QED) is 0.278. The van der Waals surface area contributed by atoms with Gasteiger partial charge < -0.3 is 4.74 Å². The van der Waals surface area contributed by atoms with Gasteiger partial charge in [0, 0.05) is 15.8 Å². The van der Waals surface area contributed by atoms with E-state index >= 15 is 0 Å². The number of carbonyl (C=O) groups is 1. The minimum atomic E-state index is -0.367. The summed E-state index contributed by atoms with van der Waals surface area (Å²) in [6.07, 6.45) is 10.3. The Morgan fingerprint density at radius 1 is 1.13 bits per heavy atom. The van der Waals surface area contributed by atoms with Crippen molar-refractivity contribution in [3.05, 3.63) is 65.6 Å². The first-order valence-electron chi connectivity index (χ1n) is 7.93. The van der Waals surface area contributed by atoms with E-state index in [-0.39, 0.29) is 5.97 Å². The summed E-state index contributed by atoms with van der Waals surface area (Å²) in [5.74, 6) is 0.195. The molecule has 1 aromatic carbocycles. The SMILES string of the molecule is C/C=C/C=C/C(=O)Oc1ccc(-c2ccc(CCCC)s2)cc1. The zero-order chi connectivity index (χ0) is 16.5. The Morgan fingerprint density at radius 3 is 2.61 bits per heavy atom. The standard InChI is InChI=1S/C20H22O2S/c1-3-5-7-9-20(21)22-17-12-10-16(11-13-17)19-15-14-18(23-19)8-6-4-2/h3,5,7,9-15H,4,6,8H2,1-2H3/b5-3+,9-7+. The van der Waals surface area contributed by atoms with Crippen LogP contribution in [-0.4, -0.2) is 5.97 Å². The summed E-state index contributed by atoms with van der Waals surface area (Å²) in [5.41, 5.74) is 1.15. The molecule has 2 nitrogen and oxygen atoms in total. The molecule has 23 heavy (non-hydrogen) atoms. The predicted octanol–water partition coefficient (Wildman–Crippen LogP) is 5.80. The van der Waals surface area contributed by atoms with Crippen LogP contribution in [0, 0.1) is 0 Å². The predicted molar refractivity (Wildman–Crippen MR) is 98.0 cm³/mol. The van der Waals surface area contributed by atoms with Crippen LogP contribution in [0.3, 0.4) is 0 Å². The highest BCUT2D eigenvalue weighted by Crippen LogP contribution is 2.30. The van der Waals surface area contributed by atoms with E-state index in [1.54, 1.807) is 12.2 Å². The molecule has 0 aliphatic rings. The Labute approximate surface area is 142 Å². The zero-order valence-electron chi connectivity index (χ0n) is 13.6. The van der Waals surface area contributed by atoms with Crippen LogP contribution < -0.4 is 4.74 Å². The van der Waals surface area contributed by atoms with Gasteiger partial charge in [0.1, 0.15) is 5.75 Å². The molecular formula is C20H22O2S. The van der Waals surface area contributed by atoms with Gasteiger partial charge in [0.15, 0.2) is 0 Å². The minimum Gasteiger partial charge on any atom is -0.423 e. The van der Waals surface area contributed by atoms with Crippen LogP contribution in [-0.2, 0) is 11.2 Å². The smallest absolute Gasteiger partial charge is 0.336 e. The molecule has 0 N–H and O–H groups in total. The van der Waals surface area contributed by atoms with Crippen molar-refractivity contribution in [2.75, 3.05) is 0 Å². The van der Waals surface area contributed by atoms with Gasteiger partial charge in [-0.2, -0.15) is 0 Å². The van der Waals surface area contributed by atoms with Gasteiger partial charge in [0.25, 0.3) is 0 Å².